The van der Waals surface area contributed by atoms with E-state index in [9.17, 15) is 4.79 Å². The molecule has 14 heavy (non-hydrogen) atoms. The number of amides is 1. The van der Waals surface area contributed by atoms with E-state index in [1.807, 2.05) is 0 Å². The van der Waals surface area contributed by atoms with Crippen LogP contribution in [-0.4, -0.2) is 12.6 Å². The van der Waals surface area contributed by atoms with Crippen LogP contribution in [0.3, 0.4) is 0 Å². The molecule has 0 aliphatic carbocycles. The minimum atomic E-state index is -0.695. The van der Waals surface area contributed by atoms with E-state index in [-0.39, 0.29) is 12.3 Å². The highest BCUT2D eigenvalue weighted by atomic mass is 35.5. The van der Waals surface area contributed by atoms with Crippen LogP contribution in [0, 0.1) is 11.3 Å². The van der Waals surface area contributed by atoms with E-state index in [1.54, 1.807) is 30.3 Å². The van der Waals surface area contributed by atoms with Gasteiger partial charge in [0.15, 0.2) is 5.75 Å². The summed E-state index contributed by atoms with van der Waals surface area (Å²) in [4.78, 5) is 11.0. The monoisotopic (exact) mass is 210 g/mol. The van der Waals surface area contributed by atoms with Gasteiger partial charge in [-0.15, -0.1) is 0 Å². The summed E-state index contributed by atoms with van der Waals surface area (Å²) in [6, 6.07) is 8.34. The van der Waals surface area contributed by atoms with Gasteiger partial charge in [-0.3, -0.25) is 0 Å². The maximum absolute atomic E-state index is 11.0. The third-order valence-electron chi connectivity index (χ3n) is 1.35. The normalized spacial score (nSPS) is 8.86. The van der Waals surface area contributed by atoms with E-state index in [1.165, 1.54) is 0 Å². The van der Waals surface area contributed by atoms with E-state index in [0.29, 0.717) is 5.02 Å². The smallest absolute Gasteiger partial charge is 0.409 e. The zero-order valence-electron chi connectivity index (χ0n) is 7.16. The van der Waals surface area contributed by atoms with Crippen molar-refractivity contribution >= 4 is 17.7 Å². The van der Waals surface area contributed by atoms with Crippen LogP contribution >= 0.6 is 11.6 Å². The fourth-order valence-electron chi connectivity index (χ4n) is 0.775. The molecule has 1 amide bonds. The largest absolute Gasteiger partial charge is 0.413 e. The van der Waals surface area contributed by atoms with Gasteiger partial charge in [-0.25, -0.2) is 4.79 Å². The standard InChI is InChI=1S/C9H7ClN2O2/c10-7-3-1-2-4-8(7)14-9(13)12-6-5-11/h1-4H,6H2,(H,12,13). The van der Waals surface area contributed by atoms with Gasteiger partial charge in [-0.2, -0.15) is 5.26 Å². The zero-order chi connectivity index (χ0) is 10.4. The number of nitriles is 1. The molecule has 0 atom stereocenters. The predicted octanol–water partition coefficient (Wildman–Crippen LogP) is 1.95. The van der Waals surface area contributed by atoms with E-state index < -0.39 is 6.09 Å². The minimum absolute atomic E-state index is 0.0940. The van der Waals surface area contributed by atoms with Gasteiger partial charge in [-0.05, 0) is 12.1 Å². The van der Waals surface area contributed by atoms with E-state index in [2.05, 4.69) is 5.32 Å². The fraction of sp³-hybridized carbons (Fsp3) is 0.111. The second kappa shape index (κ2) is 5.10. The Bertz CT molecular complexity index is 373. The van der Waals surface area contributed by atoms with Crippen LogP contribution in [0.5, 0.6) is 5.75 Å². The molecule has 5 heteroatoms. The van der Waals surface area contributed by atoms with Crippen LogP contribution in [0.4, 0.5) is 4.79 Å². The van der Waals surface area contributed by atoms with E-state index >= 15 is 0 Å². The first kappa shape index (κ1) is 10.4. The van der Waals surface area contributed by atoms with Crippen molar-refractivity contribution in [2.45, 2.75) is 0 Å². The minimum Gasteiger partial charge on any atom is -0.409 e. The van der Waals surface area contributed by atoms with Crippen LogP contribution < -0.4 is 10.1 Å². The number of carbonyl (C=O) groups excluding carboxylic acids is 1. The lowest BCUT2D eigenvalue weighted by molar-refractivity contribution is 0.202. The van der Waals surface area contributed by atoms with Crippen molar-refractivity contribution in [2.75, 3.05) is 6.54 Å². The molecule has 0 spiro atoms. The third-order valence-corrected chi connectivity index (χ3v) is 1.66. The Labute approximate surface area is 86.0 Å². The summed E-state index contributed by atoms with van der Waals surface area (Å²) < 4.78 is 4.81. The molecule has 0 radical (unpaired) electrons. The number of hydrogen-bond donors (Lipinski definition) is 1. The molecule has 0 fully saturated rings. The first-order chi connectivity index (χ1) is 6.74. The van der Waals surface area contributed by atoms with Crippen molar-refractivity contribution in [3.8, 4) is 11.8 Å². The summed E-state index contributed by atoms with van der Waals surface area (Å²) in [5.41, 5.74) is 0. The molecule has 0 bridgehead atoms. The average molecular weight is 211 g/mol. The highest BCUT2D eigenvalue weighted by Crippen LogP contribution is 2.22. The van der Waals surface area contributed by atoms with E-state index in [0.717, 1.165) is 0 Å². The first-order valence-corrected chi connectivity index (χ1v) is 4.19. The molecule has 1 aromatic rings. The number of ether oxygens (including phenoxy) is 1. The van der Waals surface area contributed by atoms with Crippen molar-refractivity contribution < 1.29 is 9.53 Å². The van der Waals surface area contributed by atoms with Gasteiger partial charge in [0.25, 0.3) is 0 Å². The lowest BCUT2D eigenvalue weighted by Crippen LogP contribution is -2.26. The lowest BCUT2D eigenvalue weighted by atomic mass is 10.3. The Morgan fingerprint density at radius 1 is 1.57 bits per heavy atom. The quantitative estimate of drug-likeness (QED) is 0.759. The number of carbonyl (C=O) groups is 1. The number of nitrogens with one attached hydrogen (secondary N) is 1. The SMILES string of the molecule is N#CCNC(=O)Oc1ccccc1Cl. The number of para-hydroxylation sites is 1. The third kappa shape index (κ3) is 2.96. The van der Waals surface area contributed by atoms with Crippen molar-refractivity contribution in [1.82, 2.24) is 5.32 Å². The van der Waals surface area contributed by atoms with Crippen molar-refractivity contribution in [2.24, 2.45) is 0 Å². The molecule has 72 valence electrons. The molecule has 1 rings (SSSR count). The first-order valence-electron chi connectivity index (χ1n) is 3.81. The summed E-state index contributed by atoms with van der Waals surface area (Å²) in [5, 5.41) is 10.8. The van der Waals surface area contributed by atoms with Gasteiger partial charge in [0, 0.05) is 0 Å². The van der Waals surface area contributed by atoms with Crippen LogP contribution in [0.1, 0.15) is 0 Å². The van der Waals surface area contributed by atoms with Crippen molar-refractivity contribution in [3.63, 3.8) is 0 Å². The van der Waals surface area contributed by atoms with Crippen molar-refractivity contribution in [1.29, 1.82) is 5.26 Å². The second-order valence-corrected chi connectivity index (χ2v) is 2.74. The van der Waals surface area contributed by atoms with Gasteiger partial charge >= 0.3 is 6.09 Å². The Kier molecular flexibility index (Phi) is 3.77. The number of hydrogen-bond acceptors (Lipinski definition) is 3. The molecule has 0 saturated heterocycles. The van der Waals surface area contributed by atoms with E-state index in [4.69, 9.17) is 21.6 Å². The van der Waals surface area contributed by atoms with Gasteiger partial charge in [-0.1, -0.05) is 23.7 Å². The highest BCUT2D eigenvalue weighted by molar-refractivity contribution is 6.32. The zero-order valence-corrected chi connectivity index (χ0v) is 7.91. The maximum atomic E-state index is 11.0. The highest BCUT2D eigenvalue weighted by Gasteiger charge is 2.05. The van der Waals surface area contributed by atoms with Crippen LogP contribution in [0.25, 0.3) is 0 Å². The topological polar surface area (TPSA) is 62.1 Å². The summed E-state index contributed by atoms with van der Waals surface area (Å²) >= 11 is 5.73. The Balaban J connectivity index is 2.57. The predicted molar refractivity (Wildman–Crippen MR) is 51.1 cm³/mol. The van der Waals surface area contributed by atoms with Gasteiger partial charge in [0.1, 0.15) is 6.54 Å². The molecule has 0 heterocycles. The van der Waals surface area contributed by atoms with Gasteiger partial charge in [0.2, 0.25) is 0 Å². The van der Waals surface area contributed by atoms with Crippen LogP contribution in [-0.2, 0) is 0 Å². The summed E-state index contributed by atoms with van der Waals surface area (Å²) in [5.74, 6) is 0.268. The number of benzene rings is 1. The van der Waals surface area contributed by atoms with Gasteiger partial charge in [0.05, 0.1) is 11.1 Å². The molecule has 0 aliphatic heterocycles. The molecule has 1 aromatic carbocycles. The summed E-state index contributed by atoms with van der Waals surface area (Å²) in [7, 11) is 0. The van der Waals surface area contributed by atoms with Crippen LogP contribution in [0.2, 0.25) is 5.02 Å². The summed E-state index contributed by atoms with van der Waals surface area (Å²) in [6.07, 6.45) is -0.695. The molecular formula is C9H7ClN2O2. The molecular weight excluding hydrogens is 204 g/mol. The Morgan fingerprint density at radius 2 is 2.29 bits per heavy atom. The molecule has 0 aromatic heterocycles. The van der Waals surface area contributed by atoms with Gasteiger partial charge < -0.3 is 10.1 Å². The lowest BCUT2D eigenvalue weighted by Gasteiger charge is -2.04. The summed E-state index contributed by atoms with van der Waals surface area (Å²) in [6.45, 7) is -0.0940. The Morgan fingerprint density at radius 3 is 2.93 bits per heavy atom. The Hall–Kier alpha value is -1.73. The number of halogens is 1. The second-order valence-electron chi connectivity index (χ2n) is 2.33. The van der Waals surface area contributed by atoms with Crippen molar-refractivity contribution in [3.05, 3.63) is 29.3 Å². The number of nitrogens with zero attached hydrogens (tertiary/aromatic N) is 1. The van der Waals surface area contributed by atoms with Crippen LogP contribution in [0.15, 0.2) is 24.3 Å². The molecule has 0 aliphatic rings. The maximum Gasteiger partial charge on any atom is 0.413 e. The molecule has 4 nitrogen and oxygen atoms in total. The average Bonchev–Trinajstić information content (AvgIpc) is 2.18. The fourth-order valence-corrected chi connectivity index (χ4v) is 0.949. The molecule has 1 N–H and O–H groups in total. The number of rotatable bonds is 2. The molecule has 0 unspecified atom stereocenters. The molecule has 0 saturated carbocycles.